The van der Waals surface area contributed by atoms with Gasteiger partial charge in [-0.25, -0.2) is 8.78 Å². The van der Waals surface area contributed by atoms with Gasteiger partial charge in [0.1, 0.15) is 17.3 Å². The molecule has 0 aliphatic heterocycles. The van der Waals surface area contributed by atoms with Crippen LogP contribution in [0, 0.1) is 29.4 Å². The number of carbonyl (C=O) groups excluding carboxylic acids is 2. The topological polar surface area (TPSA) is 71.3 Å². The second-order valence-corrected chi connectivity index (χ2v) is 10.7. The SMILES string of the molecule is CC(C)c1cc(C(=O)c2c(F)cccc2F)n(C)c1C(=O)NC1C2CC3CC1CC(O)(C3)C2. The molecule has 0 radical (unpaired) electrons. The van der Waals surface area contributed by atoms with E-state index >= 15 is 0 Å². The van der Waals surface area contributed by atoms with Gasteiger partial charge in [0.25, 0.3) is 5.91 Å². The zero-order valence-corrected chi connectivity index (χ0v) is 19.2. The van der Waals surface area contributed by atoms with Crippen LogP contribution in [0.3, 0.4) is 0 Å². The molecular formula is C26H30F2N2O3. The van der Waals surface area contributed by atoms with E-state index in [-0.39, 0.29) is 35.4 Å². The maximum Gasteiger partial charge on any atom is 0.268 e. The number of aliphatic hydroxyl groups is 1. The summed E-state index contributed by atoms with van der Waals surface area (Å²) < 4.78 is 30.0. The van der Waals surface area contributed by atoms with Gasteiger partial charge in [-0.1, -0.05) is 19.9 Å². The molecule has 1 aromatic carbocycles. The minimum Gasteiger partial charge on any atom is -0.390 e. The molecule has 2 N–H and O–H groups in total. The van der Waals surface area contributed by atoms with Crippen LogP contribution in [-0.2, 0) is 7.05 Å². The molecule has 5 nitrogen and oxygen atoms in total. The van der Waals surface area contributed by atoms with Crippen molar-refractivity contribution in [3.63, 3.8) is 0 Å². The number of hydrogen-bond acceptors (Lipinski definition) is 3. The van der Waals surface area contributed by atoms with Crippen LogP contribution in [0.15, 0.2) is 24.3 Å². The van der Waals surface area contributed by atoms with Crippen molar-refractivity contribution >= 4 is 11.7 Å². The first-order valence-electron chi connectivity index (χ1n) is 11.8. The molecule has 4 aliphatic rings. The Balaban J connectivity index is 1.47. The van der Waals surface area contributed by atoms with Crippen molar-refractivity contribution in [3.05, 3.63) is 58.4 Å². The number of rotatable bonds is 5. The molecule has 7 heteroatoms. The van der Waals surface area contributed by atoms with Crippen molar-refractivity contribution < 1.29 is 23.5 Å². The Morgan fingerprint density at radius 3 is 2.27 bits per heavy atom. The van der Waals surface area contributed by atoms with Gasteiger partial charge in [0, 0.05) is 13.1 Å². The fourth-order valence-electron chi connectivity index (χ4n) is 6.85. The lowest BCUT2D eigenvalue weighted by atomic mass is 9.52. The molecule has 2 atom stereocenters. The third kappa shape index (κ3) is 3.61. The average Bonchev–Trinajstić information content (AvgIpc) is 3.06. The van der Waals surface area contributed by atoms with Gasteiger partial charge in [0.2, 0.25) is 5.78 Å². The molecule has 4 aliphatic carbocycles. The van der Waals surface area contributed by atoms with E-state index in [1.165, 1.54) is 10.6 Å². The summed E-state index contributed by atoms with van der Waals surface area (Å²) >= 11 is 0. The summed E-state index contributed by atoms with van der Waals surface area (Å²) in [6.45, 7) is 3.84. The number of halogens is 2. The molecule has 1 amide bonds. The molecule has 2 aromatic rings. The number of benzene rings is 1. The number of nitrogens with one attached hydrogen (secondary N) is 1. The highest BCUT2D eigenvalue weighted by Crippen LogP contribution is 2.55. The van der Waals surface area contributed by atoms with Crippen molar-refractivity contribution in [1.82, 2.24) is 9.88 Å². The highest BCUT2D eigenvalue weighted by molar-refractivity contribution is 6.10. The largest absolute Gasteiger partial charge is 0.390 e. The fourth-order valence-corrected chi connectivity index (χ4v) is 6.85. The van der Waals surface area contributed by atoms with Gasteiger partial charge in [0.05, 0.1) is 16.9 Å². The third-order valence-corrected chi connectivity index (χ3v) is 8.06. The van der Waals surface area contributed by atoms with Gasteiger partial charge in [-0.05, 0) is 79.5 Å². The number of carbonyl (C=O) groups is 2. The lowest BCUT2D eigenvalue weighted by Gasteiger charge is -2.58. The van der Waals surface area contributed by atoms with Gasteiger partial charge >= 0.3 is 0 Å². The lowest BCUT2D eigenvalue weighted by molar-refractivity contribution is -0.137. The quantitative estimate of drug-likeness (QED) is 0.658. The Morgan fingerprint density at radius 1 is 1.12 bits per heavy atom. The van der Waals surface area contributed by atoms with E-state index in [0.717, 1.165) is 31.4 Å². The van der Waals surface area contributed by atoms with Crippen LogP contribution < -0.4 is 5.32 Å². The Hall–Kier alpha value is -2.54. The third-order valence-electron chi connectivity index (χ3n) is 8.06. The standard InChI is InChI=1S/C26H30F2N2O3/c1-13(2)17-9-20(24(31)21-18(27)5-4-6-19(21)28)30(3)23(17)25(32)29-22-15-7-14-8-16(22)12-26(33,10-14)11-15/h4-6,9,13-16,22,33H,7-8,10-12H2,1-3H3,(H,29,32). The van der Waals surface area contributed by atoms with Gasteiger partial charge in [-0.15, -0.1) is 0 Å². The predicted molar refractivity (Wildman–Crippen MR) is 119 cm³/mol. The van der Waals surface area contributed by atoms with Crippen LogP contribution in [0.1, 0.15) is 84.0 Å². The molecule has 33 heavy (non-hydrogen) atoms. The normalized spacial score (nSPS) is 30.2. The van der Waals surface area contributed by atoms with E-state index in [1.54, 1.807) is 13.1 Å². The van der Waals surface area contributed by atoms with Crippen LogP contribution in [-0.4, -0.2) is 33.0 Å². The minimum absolute atomic E-state index is 0.00704. The van der Waals surface area contributed by atoms with E-state index in [1.807, 2.05) is 13.8 Å². The number of hydrogen-bond donors (Lipinski definition) is 2. The summed E-state index contributed by atoms with van der Waals surface area (Å²) in [6.07, 6.45) is 4.33. The number of amides is 1. The Bertz CT molecular complexity index is 1100. The molecule has 2 unspecified atom stereocenters. The number of nitrogens with zero attached hydrogens (tertiary/aromatic N) is 1. The first kappa shape index (κ1) is 22.3. The summed E-state index contributed by atoms with van der Waals surface area (Å²) in [7, 11) is 1.59. The molecule has 6 rings (SSSR count). The van der Waals surface area contributed by atoms with Crippen molar-refractivity contribution in [2.24, 2.45) is 24.8 Å². The van der Waals surface area contributed by atoms with Crippen molar-refractivity contribution in [3.8, 4) is 0 Å². The number of ketones is 1. The van der Waals surface area contributed by atoms with E-state index in [2.05, 4.69) is 5.32 Å². The smallest absolute Gasteiger partial charge is 0.268 e. The Kier molecular flexibility index (Phi) is 5.23. The monoisotopic (exact) mass is 456 g/mol. The van der Waals surface area contributed by atoms with Crippen molar-refractivity contribution in [2.75, 3.05) is 0 Å². The van der Waals surface area contributed by atoms with Crippen LogP contribution in [0.25, 0.3) is 0 Å². The maximum atomic E-state index is 14.3. The van der Waals surface area contributed by atoms with Gasteiger partial charge in [-0.2, -0.15) is 0 Å². The first-order valence-corrected chi connectivity index (χ1v) is 11.8. The molecule has 1 heterocycles. The van der Waals surface area contributed by atoms with E-state index < -0.39 is 28.6 Å². The Morgan fingerprint density at radius 2 is 1.73 bits per heavy atom. The highest BCUT2D eigenvalue weighted by atomic mass is 19.1. The second kappa shape index (κ2) is 7.76. The molecule has 0 saturated heterocycles. The molecule has 1 aromatic heterocycles. The van der Waals surface area contributed by atoms with Gasteiger partial charge < -0.3 is 15.0 Å². The summed E-state index contributed by atoms with van der Waals surface area (Å²) in [5.74, 6) is -1.95. The van der Waals surface area contributed by atoms with Gasteiger partial charge in [0.15, 0.2) is 0 Å². The second-order valence-electron chi connectivity index (χ2n) is 10.7. The summed E-state index contributed by atoms with van der Waals surface area (Å²) in [5.41, 5.74) is -0.119. The molecule has 176 valence electrons. The molecule has 0 spiro atoms. The van der Waals surface area contributed by atoms with Crippen molar-refractivity contribution in [1.29, 1.82) is 0 Å². The lowest BCUT2D eigenvalue weighted by Crippen LogP contribution is -2.61. The predicted octanol–water partition coefficient (Wildman–Crippen LogP) is 4.33. The van der Waals surface area contributed by atoms with Crippen LogP contribution in [0.5, 0.6) is 0 Å². The molecular weight excluding hydrogens is 426 g/mol. The number of aromatic nitrogens is 1. The van der Waals surface area contributed by atoms with E-state index in [0.29, 0.717) is 30.0 Å². The molecule has 4 saturated carbocycles. The van der Waals surface area contributed by atoms with E-state index in [4.69, 9.17) is 0 Å². The molecule has 4 fully saturated rings. The van der Waals surface area contributed by atoms with Crippen LogP contribution >= 0.6 is 0 Å². The summed E-state index contributed by atoms with van der Waals surface area (Å²) in [6, 6.07) is 4.89. The minimum atomic E-state index is -0.926. The van der Waals surface area contributed by atoms with Crippen LogP contribution in [0.2, 0.25) is 0 Å². The van der Waals surface area contributed by atoms with Crippen LogP contribution in [0.4, 0.5) is 8.78 Å². The highest BCUT2D eigenvalue weighted by Gasteiger charge is 2.55. The average molecular weight is 457 g/mol. The first-order chi connectivity index (χ1) is 15.6. The summed E-state index contributed by atoms with van der Waals surface area (Å²) in [4.78, 5) is 26.6. The summed E-state index contributed by atoms with van der Waals surface area (Å²) in [5, 5.41) is 14.1. The van der Waals surface area contributed by atoms with E-state index in [9.17, 15) is 23.5 Å². The molecule has 4 bridgehead atoms. The van der Waals surface area contributed by atoms with Crippen molar-refractivity contribution in [2.45, 2.75) is 63.5 Å². The maximum absolute atomic E-state index is 14.3. The fraction of sp³-hybridized carbons (Fsp3) is 0.538. The zero-order chi connectivity index (χ0) is 23.7. The zero-order valence-electron chi connectivity index (χ0n) is 19.2. The van der Waals surface area contributed by atoms with Gasteiger partial charge in [-0.3, -0.25) is 9.59 Å². The Labute approximate surface area is 192 Å².